The lowest BCUT2D eigenvalue weighted by Crippen LogP contribution is -1.97. The minimum absolute atomic E-state index is 0.495. The third-order valence-corrected chi connectivity index (χ3v) is 4.16. The summed E-state index contributed by atoms with van der Waals surface area (Å²) in [6.07, 6.45) is 0. The minimum atomic E-state index is 0.495. The van der Waals surface area contributed by atoms with Crippen LogP contribution >= 0.6 is 11.3 Å². The fourth-order valence-electron chi connectivity index (χ4n) is 2.26. The second kappa shape index (κ2) is 4.68. The van der Waals surface area contributed by atoms with Gasteiger partial charge in [-0.3, -0.25) is 0 Å². The van der Waals surface area contributed by atoms with Gasteiger partial charge in [0, 0.05) is 13.6 Å². The normalized spacial score (nSPS) is 11.1. The molecule has 2 N–H and O–H groups in total. The number of para-hydroxylation sites is 1. The van der Waals surface area contributed by atoms with Gasteiger partial charge in [-0.1, -0.05) is 12.1 Å². The van der Waals surface area contributed by atoms with Crippen molar-refractivity contribution in [2.75, 3.05) is 7.11 Å². The second-order valence-corrected chi connectivity index (χ2v) is 5.22. The number of fused-ring (bicyclic) bond motifs is 1. The first-order chi connectivity index (χ1) is 9.26. The zero-order chi connectivity index (χ0) is 13.4. The van der Waals surface area contributed by atoms with E-state index < -0.39 is 0 Å². The topological polar surface area (TPSA) is 53.1 Å². The number of ether oxygens (including phenoxy) is 1. The number of nitrogens with two attached hydrogens (primary N) is 1. The molecule has 2 aromatic heterocycles. The van der Waals surface area contributed by atoms with Gasteiger partial charge in [0.1, 0.15) is 10.6 Å². The number of aromatic nitrogens is 2. The molecule has 0 amide bonds. The van der Waals surface area contributed by atoms with Gasteiger partial charge < -0.3 is 15.0 Å². The van der Waals surface area contributed by atoms with Gasteiger partial charge in [0.15, 0.2) is 5.82 Å². The van der Waals surface area contributed by atoms with Crippen LogP contribution in [0.2, 0.25) is 0 Å². The summed E-state index contributed by atoms with van der Waals surface area (Å²) in [6, 6.07) is 8.06. The predicted molar refractivity (Wildman–Crippen MR) is 78.5 cm³/mol. The van der Waals surface area contributed by atoms with Crippen LogP contribution < -0.4 is 10.5 Å². The zero-order valence-corrected chi connectivity index (χ0v) is 11.7. The molecule has 0 aliphatic carbocycles. The van der Waals surface area contributed by atoms with Crippen LogP contribution in [0.5, 0.6) is 5.75 Å². The lowest BCUT2D eigenvalue weighted by Gasteiger charge is -2.02. The second-order valence-electron chi connectivity index (χ2n) is 4.30. The Balaban J connectivity index is 2.28. The van der Waals surface area contributed by atoms with Crippen molar-refractivity contribution >= 4 is 22.4 Å². The quantitative estimate of drug-likeness (QED) is 0.798. The number of aryl methyl sites for hydroxylation is 1. The van der Waals surface area contributed by atoms with E-state index in [9.17, 15) is 0 Å². The van der Waals surface area contributed by atoms with Crippen molar-refractivity contribution in [1.29, 1.82) is 0 Å². The third kappa shape index (κ3) is 1.82. The first kappa shape index (κ1) is 12.2. The molecule has 0 atom stereocenters. The molecule has 19 heavy (non-hydrogen) atoms. The largest absolute Gasteiger partial charge is 0.495 e. The summed E-state index contributed by atoms with van der Waals surface area (Å²) in [7, 11) is 3.70. The smallest absolute Gasteiger partial charge is 0.154 e. The van der Waals surface area contributed by atoms with Crippen molar-refractivity contribution in [2.45, 2.75) is 6.54 Å². The Morgan fingerprint density at radius 1 is 1.37 bits per heavy atom. The number of hydrogen-bond donors (Lipinski definition) is 1. The molecule has 0 saturated heterocycles. The highest BCUT2D eigenvalue weighted by molar-refractivity contribution is 7.13. The van der Waals surface area contributed by atoms with Crippen molar-refractivity contribution in [1.82, 2.24) is 9.55 Å². The maximum Gasteiger partial charge on any atom is 0.154 e. The lowest BCUT2D eigenvalue weighted by molar-refractivity contribution is 0.418. The van der Waals surface area contributed by atoms with Gasteiger partial charge in [-0.25, -0.2) is 4.98 Å². The molecule has 0 unspecified atom stereocenters. The molecule has 5 heteroatoms. The molecule has 0 spiro atoms. The maximum absolute atomic E-state index is 5.78. The third-order valence-electron chi connectivity index (χ3n) is 3.27. The van der Waals surface area contributed by atoms with Crippen LogP contribution in [0.25, 0.3) is 21.7 Å². The van der Waals surface area contributed by atoms with Crippen LogP contribution in [-0.2, 0) is 13.6 Å². The number of methoxy groups -OCH3 is 1. The van der Waals surface area contributed by atoms with E-state index in [-0.39, 0.29) is 0 Å². The molecule has 0 aliphatic rings. The molecule has 2 heterocycles. The maximum atomic E-state index is 5.78. The monoisotopic (exact) mass is 273 g/mol. The van der Waals surface area contributed by atoms with E-state index in [2.05, 4.69) is 10.6 Å². The molecule has 0 radical (unpaired) electrons. The average molecular weight is 273 g/mol. The van der Waals surface area contributed by atoms with E-state index in [1.165, 1.54) is 0 Å². The van der Waals surface area contributed by atoms with Gasteiger partial charge in [0.25, 0.3) is 0 Å². The molecule has 0 fully saturated rings. The van der Waals surface area contributed by atoms with Crippen LogP contribution in [0.1, 0.15) is 5.56 Å². The molecule has 3 aromatic rings. The van der Waals surface area contributed by atoms with Gasteiger partial charge in [-0.2, -0.15) is 0 Å². The summed E-state index contributed by atoms with van der Waals surface area (Å²) in [4.78, 5) is 5.79. The summed E-state index contributed by atoms with van der Waals surface area (Å²) in [5.41, 5.74) is 8.90. The molecule has 0 saturated carbocycles. The zero-order valence-electron chi connectivity index (χ0n) is 10.9. The van der Waals surface area contributed by atoms with E-state index in [0.29, 0.717) is 6.54 Å². The average Bonchev–Trinajstić information content (AvgIpc) is 3.03. The SMILES string of the molecule is COc1ccsc1-c1nc2c(CN)cccc2n1C. The van der Waals surface area contributed by atoms with E-state index in [0.717, 1.165) is 33.0 Å². The van der Waals surface area contributed by atoms with Crippen LogP contribution in [0, 0.1) is 0 Å². The fourth-order valence-corrected chi connectivity index (χ4v) is 3.14. The summed E-state index contributed by atoms with van der Waals surface area (Å²) in [6.45, 7) is 0.495. The van der Waals surface area contributed by atoms with Crippen molar-refractivity contribution in [2.24, 2.45) is 12.8 Å². The van der Waals surface area contributed by atoms with Gasteiger partial charge in [0.2, 0.25) is 0 Å². The van der Waals surface area contributed by atoms with Crippen molar-refractivity contribution < 1.29 is 4.74 Å². The Labute approximate surface area is 115 Å². The fraction of sp³-hybridized carbons (Fsp3) is 0.214. The number of rotatable bonds is 3. The number of benzene rings is 1. The Morgan fingerprint density at radius 3 is 2.95 bits per heavy atom. The van der Waals surface area contributed by atoms with E-state index in [1.807, 2.05) is 30.6 Å². The highest BCUT2D eigenvalue weighted by Gasteiger charge is 2.16. The molecular formula is C14H15N3OS. The number of thiophene rings is 1. The lowest BCUT2D eigenvalue weighted by atomic mass is 10.2. The molecule has 3 rings (SSSR count). The van der Waals surface area contributed by atoms with E-state index >= 15 is 0 Å². The Kier molecular flexibility index (Phi) is 3.00. The molecule has 0 bridgehead atoms. The van der Waals surface area contributed by atoms with Gasteiger partial charge >= 0.3 is 0 Å². The summed E-state index contributed by atoms with van der Waals surface area (Å²) in [5.74, 6) is 1.78. The van der Waals surface area contributed by atoms with Crippen molar-refractivity contribution in [3.63, 3.8) is 0 Å². The minimum Gasteiger partial charge on any atom is -0.495 e. The Morgan fingerprint density at radius 2 is 2.21 bits per heavy atom. The highest BCUT2D eigenvalue weighted by atomic mass is 32.1. The molecular weight excluding hydrogens is 258 g/mol. The van der Waals surface area contributed by atoms with Crippen LogP contribution in [-0.4, -0.2) is 16.7 Å². The van der Waals surface area contributed by atoms with Gasteiger partial charge in [0.05, 0.1) is 18.1 Å². The van der Waals surface area contributed by atoms with E-state index in [4.69, 9.17) is 15.5 Å². The number of imidazole rings is 1. The first-order valence-electron chi connectivity index (χ1n) is 6.02. The Hall–Kier alpha value is -1.85. The summed E-state index contributed by atoms with van der Waals surface area (Å²) >= 11 is 1.63. The molecule has 1 aromatic carbocycles. The van der Waals surface area contributed by atoms with Gasteiger partial charge in [-0.05, 0) is 23.1 Å². The van der Waals surface area contributed by atoms with Crippen LogP contribution in [0.15, 0.2) is 29.6 Å². The number of hydrogen-bond acceptors (Lipinski definition) is 4. The van der Waals surface area contributed by atoms with Crippen molar-refractivity contribution in [3.05, 3.63) is 35.2 Å². The predicted octanol–water partition coefficient (Wildman–Crippen LogP) is 2.77. The Bertz CT molecular complexity index is 729. The number of nitrogens with zero attached hydrogens (tertiary/aromatic N) is 2. The molecule has 0 aliphatic heterocycles. The summed E-state index contributed by atoms with van der Waals surface area (Å²) in [5, 5.41) is 2.01. The highest BCUT2D eigenvalue weighted by Crippen LogP contribution is 2.36. The van der Waals surface area contributed by atoms with Crippen LogP contribution in [0.3, 0.4) is 0 Å². The van der Waals surface area contributed by atoms with Gasteiger partial charge in [-0.15, -0.1) is 11.3 Å². The van der Waals surface area contributed by atoms with Crippen molar-refractivity contribution in [3.8, 4) is 16.5 Å². The standard InChI is InChI=1S/C14H15N3OS/c1-17-10-5-3-4-9(8-15)12(10)16-14(17)13-11(18-2)6-7-19-13/h3-7H,8,15H2,1-2H3. The molecule has 98 valence electrons. The van der Waals surface area contributed by atoms with Crippen LogP contribution in [0.4, 0.5) is 0 Å². The molecule has 4 nitrogen and oxygen atoms in total. The first-order valence-corrected chi connectivity index (χ1v) is 6.90. The summed E-state index contributed by atoms with van der Waals surface area (Å²) < 4.78 is 7.47. The van der Waals surface area contributed by atoms with E-state index in [1.54, 1.807) is 18.4 Å².